The van der Waals surface area contributed by atoms with Gasteiger partial charge in [-0.2, -0.15) is 10.4 Å². The molecule has 10 heteroatoms. The molecule has 260 valence electrons. The van der Waals surface area contributed by atoms with Gasteiger partial charge >= 0.3 is 0 Å². The number of aliphatic hydroxyl groups is 1. The number of fused-ring (bicyclic) bond motifs is 1. The van der Waals surface area contributed by atoms with Gasteiger partial charge in [-0.3, -0.25) is 14.4 Å². The number of unbranched alkanes of at least 4 members (excludes halogenated alkanes) is 2. The quantitative estimate of drug-likeness (QED) is 0.159. The normalized spacial score (nSPS) is 14.4. The van der Waals surface area contributed by atoms with Gasteiger partial charge < -0.3 is 20.2 Å². The summed E-state index contributed by atoms with van der Waals surface area (Å²) in [4.78, 5) is 45.4. The van der Waals surface area contributed by atoms with Crippen molar-refractivity contribution in [1.82, 2.24) is 19.6 Å². The van der Waals surface area contributed by atoms with E-state index < -0.39 is 12.0 Å². The van der Waals surface area contributed by atoms with Gasteiger partial charge in [-0.05, 0) is 67.1 Å². The minimum atomic E-state index is -0.706. The smallest absolute Gasteiger partial charge is 0.274 e. The lowest BCUT2D eigenvalue weighted by atomic mass is 9.93. The van der Waals surface area contributed by atoms with E-state index in [4.69, 9.17) is 5.10 Å². The number of aliphatic hydroxyl groups excluding tert-OH is 1. The lowest BCUT2D eigenvalue weighted by Gasteiger charge is -2.36. The van der Waals surface area contributed by atoms with Gasteiger partial charge in [0, 0.05) is 31.0 Å². The van der Waals surface area contributed by atoms with E-state index in [-0.39, 0.29) is 36.3 Å². The molecule has 1 aliphatic rings. The molecular weight excluding hydrogens is 628 g/mol. The van der Waals surface area contributed by atoms with Crippen LogP contribution in [0.3, 0.4) is 0 Å². The molecule has 0 aliphatic carbocycles. The van der Waals surface area contributed by atoms with Crippen molar-refractivity contribution in [1.29, 1.82) is 5.26 Å². The highest BCUT2D eigenvalue weighted by Gasteiger charge is 2.32. The highest BCUT2D eigenvalue weighted by molar-refractivity contribution is 6.02. The number of rotatable bonds is 14. The van der Waals surface area contributed by atoms with Crippen molar-refractivity contribution in [2.75, 3.05) is 25.0 Å². The molecule has 1 unspecified atom stereocenters. The summed E-state index contributed by atoms with van der Waals surface area (Å²) in [5, 5.41) is 27.6. The van der Waals surface area contributed by atoms with Gasteiger partial charge in [0.15, 0.2) is 5.69 Å². The molecule has 0 saturated carbocycles. The van der Waals surface area contributed by atoms with Crippen LogP contribution in [0, 0.1) is 18.3 Å². The number of nitrogens with zero attached hydrogens (tertiary/aromatic N) is 5. The molecule has 0 spiro atoms. The van der Waals surface area contributed by atoms with E-state index in [1.54, 1.807) is 33.8 Å². The van der Waals surface area contributed by atoms with Gasteiger partial charge in [0.25, 0.3) is 11.8 Å². The molecule has 10 nitrogen and oxygen atoms in total. The van der Waals surface area contributed by atoms with Crippen molar-refractivity contribution >= 4 is 23.4 Å². The summed E-state index contributed by atoms with van der Waals surface area (Å²) in [6.07, 6.45) is 4.22. The van der Waals surface area contributed by atoms with E-state index >= 15 is 0 Å². The average molecular weight is 675 g/mol. The summed E-state index contributed by atoms with van der Waals surface area (Å²) >= 11 is 0. The third kappa shape index (κ3) is 8.12. The number of carbonyl (C=O) groups excluding carboxylic acids is 3. The number of nitrogens with one attached hydrogen (secondary N) is 1. The van der Waals surface area contributed by atoms with Gasteiger partial charge in [-0.25, -0.2) is 4.68 Å². The number of hydrogen-bond acceptors (Lipinski definition) is 6. The number of benzene rings is 3. The third-order valence-electron chi connectivity index (χ3n) is 9.32. The first-order valence-corrected chi connectivity index (χ1v) is 17.5. The van der Waals surface area contributed by atoms with Crippen LogP contribution in [-0.2, 0) is 17.8 Å². The van der Waals surface area contributed by atoms with Crippen LogP contribution in [0.5, 0.6) is 0 Å². The standard InChI is InChI=1S/C40H46N6O4/c1-4-6-21-44(22-7-5-2)40(50)36-23-28(3)46(43-36)37-18-17-32(42-38(48)34(19-20-41)29-13-9-8-10-14-29)25-35(37)39(49)45-26-31-16-12-11-15-30(31)24-33(45)27-47/h8-18,23,25,33-34,47H,4-7,19,21-22,24,26-27H2,1-3H3,(H,42,48)/t33-,34?/m0/s1. The van der Waals surface area contributed by atoms with Crippen molar-refractivity contribution in [3.8, 4) is 11.8 Å². The predicted octanol–water partition coefficient (Wildman–Crippen LogP) is 6.42. The molecule has 2 atom stereocenters. The number of aromatic nitrogens is 2. The maximum absolute atomic E-state index is 14.6. The number of carbonyl (C=O) groups is 3. The molecule has 0 saturated heterocycles. The second kappa shape index (κ2) is 16.9. The Morgan fingerprint density at radius 3 is 2.32 bits per heavy atom. The second-order valence-electron chi connectivity index (χ2n) is 12.9. The molecule has 5 rings (SSSR count). The van der Waals surface area contributed by atoms with Crippen LogP contribution >= 0.6 is 0 Å². The third-order valence-corrected chi connectivity index (χ3v) is 9.32. The van der Waals surface area contributed by atoms with Crippen molar-refractivity contribution in [3.63, 3.8) is 0 Å². The molecule has 2 N–H and O–H groups in total. The van der Waals surface area contributed by atoms with E-state index in [0.29, 0.717) is 54.4 Å². The molecule has 50 heavy (non-hydrogen) atoms. The van der Waals surface area contributed by atoms with Crippen LogP contribution < -0.4 is 5.32 Å². The number of amides is 3. The summed E-state index contributed by atoms with van der Waals surface area (Å²) in [5.74, 6) is -1.56. The number of anilines is 1. The Balaban J connectivity index is 1.54. The Hall–Kier alpha value is -5.27. The summed E-state index contributed by atoms with van der Waals surface area (Å²) < 4.78 is 1.61. The van der Waals surface area contributed by atoms with Gasteiger partial charge in [-0.15, -0.1) is 0 Å². The van der Waals surface area contributed by atoms with E-state index in [2.05, 4.69) is 25.2 Å². The molecule has 3 amide bonds. The zero-order valence-corrected chi connectivity index (χ0v) is 29.1. The molecule has 0 bridgehead atoms. The Kier molecular flexibility index (Phi) is 12.2. The average Bonchev–Trinajstić information content (AvgIpc) is 3.54. The zero-order valence-electron chi connectivity index (χ0n) is 29.1. The van der Waals surface area contributed by atoms with Crippen LogP contribution in [0.15, 0.2) is 78.9 Å². The van der Waals surface area contributed by atoms with Gasteiger partial charge in [-0.1, -0.05) is 81.3 Å². The van der Waals surface area contributed by atoms with Gasteiger partial charge in [0.2, 0.25) is 5.91 Å². The molecule has 1 aromatic heterocycles. The maximum Gasteiger partial charge on any atom is 0.274 e. The van der Waals surface area contributed by atoms with Crippen LogP contribution in [0.4, 0.5) is 5.69 Å². The minimum absolute atomic E-state index is 0.0120. The Labute approximate surface area is 294 Å². The van der Waals surface area contributed by atoms with E-state index in [0.717, 1.165) is 36.8 Å². The van der Waals surface area contributed by atoms with Crippen molar-refractivity contribution in [2.45, 2.75) is 77.8 Å². The fourth-order valence-corrected chi connectivity index (χ4v) is 6.48. The first-order valence-electron chi connectivity index (χ1n) is 17.5. The minimum Gasteiger partial charge on any atom is -0.394 e. The Morgan fingerprint density at radius 1 is 0.980 bits per heavy atom. The van der Waals surface area contributed by atoms with E-state index in [1.165, 1.54) is 0 Å². The molecular formula is C40H46N6O4. The van der Waals surface area contributed by atoms with Crippen LogP contribution in [0.1, 0.15) is 95.1 Å². The SMILES string of the molecule is CCCCN(CCCC)C(=O)c1cc(C)n(-c2ccc(NC(=O)C(CC#N)c3ccccc3)cc2C(=O)N2Cc3ccccc3C[C@H]2CO)n1. The summed E-state index contributed by atoms with van der Waals surface area (Å²) in [6.45, 7) is 7.42. The molecule has 2 heterocycles. The fraction of sp³-hybridized carbons (Fsp3) is 0.375. The molecule has 1 aliphatic heterocycles. The Bertz CT molecular complexity index is 1840. The highest BCUT2D eigenvalue weighted by atomic mass is 16.3. The largest absolute Gasteiger partial charge is 0.394 e. The molecule has 4 aromatic rings. The monoisotopic (exact) mass is 674 g/mol. The summed E-state index contributed by atoms with van der Waals surface area (Å²) in [5.41, 5.74) is 4.86. The van der Waals surface area contributed by atoms with E-state index in [1.807, 2.05) is 66.4 Å². The number of hydrogen-bond donors (Lipinski definition) is 2. The van der Waals surface area contributed by atoms with Gasteiger partial charge in [0.05, 0.1) is 42.3 Å². The first-order chi connectivity index (χ1) is 24.3. The predicted molar refractivity (Wildman–Crippen MR) is 193 cm³/mol. The molecule has 0 radical (unpaired) electrons. The second-order valence-corrected chi connectivity index (χ2v) is 12.9. The zero-order chi connectivity index (χ0) is 35.6. The van der Waals surface area contributed by atoms with Crippen molar-refractivity contribution in [2.24, 2.45) is 0 Å². The maximum atomic E-state index is 14.6. The van der Waals surface area contributed by atoms with Crippen molar-refractivity contribution < 1.29 is 19.5 Å². The topological polar surface area (TPSA) is 132 Å². The number of nitriles is 1. The summed E-state index contributed by atoms with van der Waals surface area (Å²) in [6, 6.07) is 25.5. The van der Waals surface area contributed by atoms with E-state index in [9.17, 15) is 24.8 Å². The lowest BCUT2D eigenvalue weighted by molar-refractivity contribution is -0.117. The summed E-state index contributed by atoms with van der Waals surface area (Å²) in [7, 11) is 0. The van der Waals surface area contributed by atoms with Crippen LogP contribution in [0.2, 0.25) is 0 Å². The fourth-order valence-electron chi connectivity index (χ4n) is 6.48. The van der Waals surface area contributed by atoms with Crippen molar-refractivity contribution in [3.05, 3.63) is 113 Å². The van der Waals surface area contributed by atoms with Gasteiger partial charge in [0.1, 0.15) is 0 Å². The highest BCUT2D eigenvalue weighted by Crippen LogP contribution is 2.30. The molecule has 0 fully saturated rings. The van der Waals surface area contributed by atoms with Crippen LogP contribution in [-0.4, -0.2) is 68.1 Å². The van der Waals surface area contributed by atoms with Crippen LogP contribution in [0.25, 0.3) is 5.69 Å². The lowest BCUT2D eigenvalue weighted by Crippen LogP contribution is -2.46. The number of aryl methyl sites for hydroxylation is 1. The molecule has 3 aromatic carbocycles. The Morgan fingerprint density at radius 2 is 1.66 bits per heavy atom. The first kappa shape index (κ1) is 36.0.